The zero-order valence-corrected chi connectivity index (χ0v) is 17.4. The molecule has 0 spiro atoms. The molecule has 3 heterocycles. The summed E-state index contributed by atoms with van der Waals surface area (Å²) in [5.41, 5.74) is 1.77. The molecule has 0 radical (unpaired) electrons. The monoisotopic (exact) mass is 440 g/mol. The number of ether oxygens (including phenoxy) is 1. The number of halogens is 1. The van der Waals surface area contributed by atoms with Gasteiger partial charge < -0.3 is 18.9 Å². The van der Waals surface area contributed by atoms with Gasteiger partial charge in [0.1, 0.15) is 23.0 Å². The van der Waals surface area contributed by atoms with Crippen molar-refractivity contribution in [1.29, 1.82) is 0 Å². The quantitative estimate of drug-likeness (QED) is 0.359. The van der Waals surface area contributed by atoms with Gasteiger partial charge in [0, 0.05) is 16.7 Å². The zero-order valence-electron chi connectivity index (χ0n) is 16.6. The number of imide groups is 1. The Morgan fingerprint density at radius 1 is 1.16 bits per heavy atom. The molecule has 31 heavy (non-hydrogen) atoms. The molecular weight excluding hydrogens is 424 g/mol. The number of nitrogens with zero attached hydrogens (tertiary/aromatic N) is 1. The Balaban J connectivity index is 1.52. The number of furan rings is 2. The van der Waals surface area contributed by atoms with Crippen molar-refractivity contribution in [2.24, 2.45) is 0 Å². The highest BCUT2D eigenvalue weighted by Gasteiger charge is 2.34. The van der Waals surface area contributed by atoms with Crippen LogP contribution in [0.3, 0.4) is 0 Å². The van der Waals surface area contributed by atoms with Crippen molar-refractivity contribution in [1.82, 2.24) is 10.2 Å². The van der Waals surface area contributed by atoms with Crippen molar-refractivity contribution in [3.05, 3.63) is 76.0 Å². The molecule has 3 amide bonds. The molecule has 9 heteroatoms. The Morgan fingerprint density at radius 3 is 2.74 bits per heavy atom. The molecule has 1 aliphatic heterocycles. The molecule has 1 saturated heterocycles. The number of benzene rings is 1. The molecule has 0 saturated carbocycles. The third kappa shape index (κ3) is 3.97. The first-order chi connectivity index (χ1) is 14.9. The lowest BCUT2D eigenvalue weighted by Crippen LogP contribution is -2.30. The average molecular weight is 441 g/mol. The number of carbonyl (C=O) groups is 3. The van der Waals surface area contributed by atoms with E-state index in [2.05, 4.69) is 10.1 Å². The summed E-state index contributed by atoms with van der Waals surface area (Å²) >= 11 is 6.17. The van der Waals surface area contributed by atoms with Crippen LogP contribution in [0.15, 0.2) is 57.0 Å². The lowest BCUT2D eigenvalue weighted by Gasteiger charge is -2.09. The molecule has 1 fully saturated rings. The van der Waals surface area contributed by atoms with Crippen LogP contribution in [0.2, 0.25) is 5.02 Å². The lowest BCUT2D eigenvalue weighted by molar-refractivity contribution is -0.123. The topological polar surface area (TPSA) is 102 Å². The highest BCUT2D eigenvalue weighted by Crippen LogP contribution is 2.30. The van der Waals surface area contributed by atoms with E-state index >= 15 is 0 Å². The van der Waals surface area contributed by atoms with Gasteiger partial charge >= 0.3 is 12.0 Å². The molecule has 2 aromatic heterocycles. The fourth-order valence-electron chi connectivity index (χ4n) is 3.14. The van der Waals surface area contributed by atoms with Crippen LogP contribution < -0.4 is 5.32 Å². The highest BCUT2D eigenvalue weighted by atomic mass is 35.5. The van der Waals surface area contributed by atoms with Gasteiger partial charge in [0.05, 0.1) is 13.7 Å². The Labute approximate surface area is 182 Å². The van der Waals surface area contributed by atoms with Crippen LogP contribution in [0.25, 0.3) is 17.4 Å². The largest absolute Gasteiger partial charge is 0.463 e. The predicted octanol–water partition coefficient (Wildman–Crippen LogP) is 4.38. The molecule has 1 N–H and O–H groups in total. The number of amides is 3. The lowest BCUT2D eigenvalue weighted by atomic mass is 10.1. The first kappa shape index (κ1) is 20.5. The maximum Gasteiger partial charge on any atom is 0.373 e. The minimum atomic E-state index is -0.646. The summed E-state index contributed by atoms with van der Waals surface area (Å²) in [4.78, 5) is 37.4. The number of esters is 1. The molecular formula is C22H17ClN2O6. The van der Waals surface area contributed by atoms with Crippen LogP contribution in [-0.2, 0) is 16.1 Å². The Morgan fingerprint density at radius 2 is 1.97 bits per heavy atom. The normalized spacial score (nSPS) is 14.9. The van der Waals surface area contributed by atoms with E-state index in [-0.39, 0.29) is 23.8 Å². The molecule has 1 aliphatic rings. The molecule has 3 aromatic rings. The Bertz CT molecular complexity index is 1220. The number of carbonyl (C=O) groups excluding carboxylic acids is 3. The van der Waals surface area contributed by atoms with E-state index in [1.165, 1.54) is 25.3 Å². The molecule has 0 bridgehead atoms. The Hall–Kier alpha value is -3.78. The van der Waals surface area contributed by atoms with Crippen LogP contribution in [0, 0.1) is 6.92 Å². The van der Waals surface area contributed by atoms with Crippen molar-refractivity contribution >= 4 is 35.6 Å². The summed E-state index contributed by atoms with van der Waals surface area (Å²) in [5, 5.41) is 3.14. The zero-order chi connectivity index (χ0) is 22.1. The minimum absolute atomic E-state index is 0.0141. The van der Waals surface area contributed by atoms with Crippen molar-refractivity contribution < 1.29 is 28.0 Å². The van der Waals surface area contributed by atoms with Crippen molar-refractivity contribution in [2.45, 2.75) is 13.5 Å². The fourth-order valence-corrected chi connectivity index (χ4v) is 3.31. The van der Waals surface area contributed by atoms with Crippen molar-refractivity contribution in [3.63, 3.8) is 0 Å². The van der Waals surface area contributed by atoms with Gasteiger partial charge in [-0.25, -0.2) is 9.59 Å². The number of urea groups is 1. The molecule has 8 nitrogen and oxygen atoms in total. The van der Waals surface area contributed by atoms with E-state index in [1.807, 2.05) is 19.1 Å². The first-order valence-corrected chi connectivity index (χ1v) is 9.62. The number of hydrogen-bond acceptors (Lipinski definition) is 6. The average Bonchev–Trinajstić information content (AvgIpc) is 3.47. The summed E-state index contributed by atoms with van der Waals surface area (Å²) < 4.78 is 15.7. The molecule has 0 unspecified atom stereocenters. The number of rotatable bonds is 5. The van der Waals surface area contributed by atoms with Gasteiger partial charge in [-0.1, -0.05) is 23.7 Å². The fraction of sp³-hybridized carbons (Fsp3) is 0.136. The standard InChI is InChI=1S/C22H17ClN2O6/c1-12-15(4-3-5-16(12)23)18-8-6-13(30-18)10-17-20(26)25(22(28)24-17)11-14-7-9-19(31-14)21(27)29-2/h3-10H,11H2,1-2H3,(H,24,28)/b17-10-. The van der Waals surface area contributed by atoms with Gasteiger partial charge in [0.2, 0.25) is 5.76 Å². The van der Waals surface area contributed by atoms with Crippen molar-refractivity contribution in [3.8, 4) is 11.3 Å². The minimum Gasteiger partial charge on any atom is -0.463 e. The van der Waals surface area contributed by atoms with E-state index in [4.69, 9.17) is 20.4 Å². The first-order valence-electron chi connectivity index (χ1n) is 9.24. The van der Waals surface area contributed by atoms with Crippen molar-refractivity contribution in [2.75, 3.05) is 7.11 Å². The van der Waals surface area contributed by atoms with Gasteiger partial charge in [-0.2, -0.15) is 0 Å². The van der Waals surface area contributed by atoms with E-state index in [9.17, 15) is 14.4 Å². The van der Waals surface area contributed by atoms with E-state index in [1.54, 1.807) is 18.2 Å². The number of methoxy groups -OCH3 is 1. The van der Waals surface area contributed by atoms with Crippen LogP contribution >= 0.6 is 11.6 Å². The maximum absolute atomic E-state index is 12.7. The smallest absolute Gasteiger partial charge is 0.373 e. The predicted molar refractivity (Wildman–Crippen MR) is 111 cm³/mol. The highest BCUT2D eigenvalue weighted by molar-refractivity contribution is 6.31. The SMILES string of the molecule is COC(=O)c1ccc(CN2C(=O)N/C(=C\c3ccc(-c4cccc(Cl)c4C)o3)C2=O)o1. The third-order valence-electron chi connectivity index (χ3n) is 4.77. The summed E-state index contributed by atoms with van der Waals surface area (Å²) in [7, 11) is 1.23. The van der Waals surface area contributed by atoms with Gasteiger partial charge in [-0.05, 0) is 42.8 Å². The summed E-state index contributed by atoms with van der Waals surface area (Å²) in [5.74, 6) is 0.0457. The summed E-state index contributed by atoms with van der Waals surface area (Å²) in [6.07, 6.45) is 1.45. The second-order valence-electron chi connectivity index (χ2n) is 6.75. The molecule has 4 rings (SSSR count). The molecule has 0 aliphatic carbocycles. The third-order valence-corrected chi connectivity index (χ3v) is 5.18. The van der Waals surface area contributed by atoms with Gasteiger partial charge in [-0.3, -0.25) is 9.69 Å². The second kappa shape index (κ2) is 8.16. The molecule has 158 valence electrons. The van der Waals surface area contributed by atoms with Gasteiger partial charge in [0.25, 0.3) is 5.91 Å². The molecule has 0 atom stereocenters. The van der Waals surface area contributed by atoms with Crippen LogP contribution in [-0.4, -0.2) is 29.9 Å². The second-order valence-corrected chi connectivity index (χ2v) is 7.16. The van der Waals surface area contributed by atoms with E-state index < -0.39 is 17.9 Å². The van der Waals surface area contributed by atoms with E-state index in [0.29, 0.717) is 16.5 Å². The Kier molecular flexibility index (Phi) is 5.39. The maximum atomic E-state index is 12.7. The number of nitrogens with one attached hydrogen (secondary N) is 1. The molecule has 1 aromatic carbocycles. The summed E-state index contributed by atoms with van der Waals surface area (Å²) in [6, 6.07) is 11.3. The van der Waals surface area contributed by atoms with Crippen LogP contribution in [0.5, 0.6) is 0 Å². The van der Waals surface area contributed by atoms with Crippen LogP contribution in [0.1, 0.15) is 27.6 Å². The van der Waals surface area contributed by atoms with Crippen LogP contribution in [0.4, 0.5) is 4.79 Å². The number of hydrogen-bond donors (Lipinski definition) is 1. The van der Waals surface area contributed by atoms with E-state index in [0.717, 1.165) is 16.0 Å². The van der Waals surface area contributed by atoms with Gasteiger partial charge in [0.15, 0.2) is 0 Å². The van der Waals surface area contributed by atoms with Gasteiger partial charge in [-0.15, -0.1) is 0 Å². The summed E-state index contributed by atoms with van der Waals surface area (Å²) in [6.45, 7) is 1.75.